The highest BCUT2D eigenvalue weighted by atomic mass is 32.1. The van der Waals surface area contributed by atoms with Crippen molar-refractivity contribution in [3.05, 3.63) is 50.7 Å². The van der Waals surface area contributed by atoms with Crippen molar-refractivity contribution < 1.29 is 4.39 Å². The van der Waals surface area contributed by atoms with E-state index in [4.69, 9.17) is 4.98 Å². The lowest BCUT2D eigenvalue weighted by Crippen LogP contribution is -2.42. The topological polar surface area (TPSA) is 24.9 Å². The quantitative estimate of drug-likeness (QED) is 0.920. The minimum atomic E-state index is -0.308. The van der Waals surface area contributed by atoms with E-state index in [0.29, 0.717) is 0 Å². The van der Waals surface area contributed by atoms with E-state index >= 15 is 0 Å². The van der Waals surface area contributed by atoms with Crippen molar-refractivity contribution in [3.63, 3.8) is 0 Å². The molecule has 1 unspecified atom stereocenters. The average molecular weight is 304 g/mol. The van der Waals surface area contributed by atoms with Gasteiger partial charge in [-0.3, -0.25) is 0 Å². The molecule has 1 aromatic heterocycles. The maximum atomic E-state index is 14.1. The van der Waals surface area contributed by atoms with Gasteiger partial charge >= 0.3 is 0 Å². The average Bonchev–Trinajstić information content (AvgIpc) is 3.00. The van der Waals surface area contributed by atoms with Gasteiger partial charge in [0.15, 0.2) is 0 Å². The van der Waals surface area contributed by atoms with Crippen LogP contribution in [0.4, 0.5) is 4.39 Å². The zero-order chi connectivity index (χ0) is 15.0. The molecule has 0 fully saturated rings. The second kappa shape index (κ2) is 5.50. The SMILES string of the molecule is CCCNC1(c2nc(C)c(C)s2)CCc2c(F)cccc21. The minimum Gasteiger partial charge on any atom is -0.302 e. The first kappa shape index (κ1) is 14.7. The first-order valence-electron chi connectivity index (χ1n) is 7.56. The van der Waals surface area contributed by atoms with Gasteiger partial charge in [-0.1, -0.05) is 19.1 Å². The second-order valence-electron chi connectivity index (χ2n) is 5.76. The van der Waals surface area contributed by atoms with Crippen LogP contribution in [0, 0.1) is 19.7 Å². The highest BCUT2D eigenvalue weighted by molar-refractivity contribution is 7.11. The summed E-state index contributed by atoms with van der Waals surface area (Å²) in [5, 5.41) is 4.75. The Hall–Kier alpha value is -1.26. The Balaban J connectivity index is 2.15. The van der Waals surface area contributed by atoms with Gasteiger partial charge in [0, 0.05) is 4.88 Å². The molecule has 4 heteroatoms. The van der Waals surface area contributed by atoms with Gasteiger partial charge in [-0.05, 0) is 56.8 Å². The molecule has 1 aliphatic carbocycles. The Kier molecular flexibility index (Phi) is 3.84. The van der Waals surface area contributed by atoms with E-state index in [1.165, 1.54) is 4.88 Å². The monoisotopic (exact) mass is 304 g/mol. The molecule has 0 saturated heterocycles. The third-order valence-electron chi connectivity index (χ3n) is 4.40. The number of halogens is 1. The summed E-state index contributed by atoms with van der Waals surface area (Å²) >= 11 is 1.73. The van der Waals surface area contributed by atoms with Crippen molar-refractivity contribution in [2.75, 3.05) is 6.54 Å². The summed E-state index contributed by atoms with van der Waals surface area (Å²) in [6.45, 7) is 7.21. The van der Waals surface area contributed by atoms with Crippen LogP contribution in [0.3, 0.4) is 0 Å². The molecule has 3 rings (SSSR count). The molecule has 0 amide bonds. The van der Waals surface area contributed by atoms with Gasteiger partial charge in [0.05, 0.1) is 11.2 Å². The van der Waals surface area contributed by atoms with Crippen LogP contribution in [0.15, 0.2) is 18.2 Å². The maximum Gasteiger partial charge on any atom is 0.126 e. The van der Waals surface area contributed by atoms with Crippen LogP contribution in [0.25, 0.3) is 0 Å². The third kappa shape index (κ3) is 2.30. The fraction of sp³-hybridized carbons (Fsp3) is 0.471. The number of nitrogens with zero attached hydrogens (tertiary/aromatic N) is 1. The summed E-state index contributed by atoms with van der Waals surface area (Å²) in [6, 6.07) is 5.43. The van der Waals surface area contributed by atoms with E-state index < -0.39 is 0 Å². The zero-order valence-corrected chi connectivity index (χ0v) is 13.6. The normalized spacial score (nSPS) is 20.8. The van der Waals surface area contributed by atoms with Crippen LogP contribution in [0.1, 0.15) is 46.5 Å². The molecule has 1 heterocycles. The van der Waals surface area contributed by atoms with E-state index in [9.17, 15) is 4.39 Å². The Morgan fingerprint density at radius 3 is 2.86 bits per heavy atom. The third-order valence-corrected chi connectivity index (χ3v) is 5.63. The standard InChI is InChI=1S/C17H21FN2S/c1-4-10-19-17(16-20-11(2)12(3)21-16)9-8-13-14(17)6-5-7-15(13)18/h5-7,19H,4,8-10H2,1-3H3. The molecule has 2 aromatic rings. The van der Waals surface area contributed by atoms with Crippen molar-refractivity contribution in [2.45, 2.75) is 45.6 Å². The van der Waals surface area contributed by atoms with Crippen LogP contribution in [-0.2, 0) is 12.0 Å². The number of hydrogen-bond donors (Lipinski definition) is 1. The second-order valence-corrected chi connectivity index (χ2v) is 6.96. The lowest BCUT2D eigenvalue weighted by Gasteiger charge is -2.30. The summed E-state index contributed by atoms with van der Waals surface area (Å²) in [5.41, 5.74) is 2.70. The predicted molar refractivity (Wildman–Crippen MR) is 85.4 cm³/mol. The van der Waals surface area contributed by atoms with Crippen molar-refractivity contribution in [1.82, 2.24) is 10.3 Å². The molecular formula is C17H21FN2S. The van der Waals surface area contributed by atoms with Gasteiger partial charge in [-0.15, -0.1) is 11.3 Å². The van der Waals surface area contributed by atoms with Crippen molar-refractivity contribution in [3.8, 4) is 0 Å². The highest BCUT2D eigenvalue weighted by Gasteiger charge is 2.43. The van der Waals surface area contributed by atoms with Crippen molar-refractivity contribution >= 4 is 11.3 Å². The molecule has 1 aromatic carbocycles. The van der Waals surface area contributed by atoms with E-state index in [1.54, 1.807) is 17.4 Å². The number of aryl methyl sites for hydroxylation is 2. The molecule has 0 aliphatic heterocycles. The molecular weight excluding hydrogens is 283 g/mol. The van der Waals surface area contributed by atoms with Crippen LogP contribution in [-0.4, -0.2) is 11.5 Å². The summed E-state index contributed by atoms with van der Waals surface area (Å²) in [6.07, 6.45) is 2.71. The molecule has 1 N–H and O–H groups in total. The largest absolute Gasteiger partial charge is 0.302 e. The lowest BCUT2D eigenvalue weighted by molar-refractivity contribution is 0.397. The van der Waals surface area contributed by atoms with Gasteiger partial charge in [-0.25, -0.2) is 9.37 Å². The summed E-state index contributed by atoms with van der Waals surface area (Å²) < 4.78 is 14.1. The number of fused-ring (bicyclic) bond motifs is 1. The van der Waals surface area contributed by atoms with E-state index in [0.717, 1.165) is 47.6 Å². The molecule has 112 valence electrons. The van der Waals surface area contributed by atoms with Gasteiger partial charge in [0.1, 0.15) is 10.8 Å². The summed E-state index contributed by atoms with van der Waals surface area (Å²) in [5.74, 6) is -0.0855. The van der Waals surface area contributed by atoms with Crippen LogP contribution in [0.2, 0.25) is 0 Å². The van der Waals surface area contributed by atoms with E-state index in [2.05, 4.69) is 25.2 Å². The van der Waals surface area contributed by atoms with Crippen molar-refractivity contribution in [1.29, 1.82) is 0 Å². The number of nitrogens with one attached hydrogen (secondary N) is 1. The number of aromatic nitrogens is 1. The van der Waals surface area contributed by atoms with Crippen LogP contribution >= 0.6 is 11.3 Å². The van der Waals surface area contributed by atoms with E-state index in [-0.39, 0.29) is 11.4 Å². The fourth-order valence-electron chi connectivity index (χ4n) is 3.13. The molecule has 21 heavy (non-hydrogen) atoms. The zero-order valence-electron chi connectivity index (χ0n) is 12.8. The Morgan fingerprint density at radius 1 is 1.38 bits per heavy atom. The number of benzene rings is 1. The number of hydrogen-bond acceptors (Lipinski definition) is 3. The Bertz CT molecular complexity index is 645. The maximum absolute atomic E-state index is 14.1. The summed E-state index contributed by atoms with van der Waals surface area (Å²) in [7, 11) is 0. The molecule has 1 aliphatic rings. The highest BCUT2D eigenvalue weighted by Crippen LogP contribution is 2.44. The molecule has 0 radical (unpaired) electrons. The summed E-state index contributed by atoms with van der Waals surface area (Å²) in [4.78, 5) is 6.02. The molecule has 0 saturated carbocycles. The van der Waals surface area contributed by atoms with Gasteiger partial charge < -0.3 is 5.32 Å². The van der Waals surface area contributed by atoms with Crippen LogP contribution < -0.4 is 5.32 Å². The molecule has 0 spiro atoms. The predicted octanol–water partition coefficient (Wildman–Crippen LogP) is 4.09. The van der Waals surface area contributed by atoms with Crippen molar-refractivity contribution in [2.24, 2.45) is 0 Å². The Labute approximate surface area is 129 Å². The molecule has 1 atom stereocenters. The number of rotatable bonds is 4. The molecule has 0 bridgehead atoms. The first-order chi connectivity index (χ1) is 10.1. The van der Waals surface area contributed by atoms with Gasteiger partial charge in [0.25, 0.3) is 0 Å². The van der Waals surface area contributed by atoms with Crippen LogP contribution in [0.5, 0.6) is 0 Å². The fourth-order valence-corrected chi connectivity index (χ4v) is 4.26. The Morgan fingerprint density at radius 2 is 2.19 bits per heavy atom. The molecule has 2 nitrogen and oxygen atoms in total. The first-order valence-corrected chi connectivity index (χ1v) is 8.37. The minimum absolute atomic E-state index is 0.0855. The smallest absolute Gasteiger partial charge is 0.126 e. The lowest BCUT2D eigenvalue weighted by atomic mass is 9.92. The van der Waals surface area contributed by atoms with Gasteiger partial charge in [-0.2, -0.15) is 0 Å². The van der Waals surface area contributed by atoms with E-state index in [1.807, 2.05) is 13.0 Å². The number of thiazole rings is 1. The van der Waals surface area contributed by atoms with Gasteiger partial charge in [0.2, 0.25) is 0 Å².